The Bertz CT molecular complexity index is 1400. The van der Waals surface area contributed by atoms with E-state index in [1.807, 2.05) is 54.8 Å². The minimum Gasteiger partial charge on any atom is -0.385 e. The number of benzene rings is 1. The minimum absolute atomic E-state index is 0.112. The summed E-state index contributed by atoms with van der Waals surface area (Å²) in [5, 5.41) is 14.0. The molecule has 1 aromatic carbocycles. The molecular formula is C26H27ClN4O3S. The van der Waals surface area contributed by atoms with E-state index in [1.54, 1.807) is 30.6 Å². The molecule has 182 valence electrons. The number of nitrogens with zero attached hydrogens (tertiary/aromatic N) is 3. The Morgan fingerprint density at radius 2 is 2.00 bits per heavy atom. The lowest BCUT2D eigenvalue weighted by Crippen LogP contribution is -2.29. The van der Waals surface area contributed by atoms with Gasteiger partial charge >= 0.3 is 0 Å². The van der Waals surface area contributed by atoms with Gasteiger partial charge in [-0.1, -0.05) is 29.8 Å². The van der Waals surface area contributed by atoms with Crippen molar-refractivity contribution in [3.8, 4) is 0 Å². The quantitative estimate of drug-likeness (QED) is 0.373. The Labute approximate surface area is 212 Å². The standard InChI is InChI=1S/C26H27ClN4O3S/c1-16-22(15-30(2)14-21(32)20-6-4-5-11-28-20)35-25-23(16)31(3)13-19(24(25)33)26(34)29-12-17-7-9-18(27)10-8-17/h4-11,13,21,32H,12,14-15H2,1-3H3,(H,29,34)/t21-/m0/s1. The number of aliphatic hydroxyl groups excluding tert-OH is 1. The van der Waals surface area contributed by atoms with Gasteiger partial charge < -0.3 is 15.0 Å². The van der Waals surface area contributed by atoms with Crippen molar-refractivity contribution >= 4 is 39.1 Å². The Morgan fingerprint density at radius 3 is 2.69 bits per heavy atom. The average Bonchev–Trinajstić information content (AvgIpc) is 3.17. The molecule has 4 rings (SSSR count). The molecule has 0 aliphatic rings. The summed E-state index contributed by atoms with van der Waals surface area (Å²) in [7, 11) is 3.76. The van der Waals surface area contributed by atoms with E-state index in [2.05, 4.69) is 10.3 Å². The van der Waals surface area contributed by atoms with Crippen LogP contribution in [0.1, 0.15) is 38.2 Å². The lowest BCUT2D eigenvalue weighted by molar-refractivity contribution is 0.0949. The number of aliphatic hydroxyl groups is 1. The molecule has 4 aromatic rings. The molecule has 0 fully saturated rings. The molecule has 0 saturated carbocycles. The van der Waals surface area contributed by atoms with Gasteiger partial charge in [-0.2, -0.15) is 0 Å². The van der Waals surface area contributed by atoms with Crippen molar-refractivity contribution in [1.29, 1.82) is 0 Å². The SMILES string of the molecule is Cc1c(CN(C)C[C@H](O)c2ccccn2)sc2c(=O)c(C(=O)NCc3ccc(Cl)cc3)cn(C)c12. The molecule has 2 N–H and O–H groups in total. The molecule has 3 heterocycles. The number of halogens is 1. The highest BCUT2D eigenvalue weighted by atomic mass is 35.5. The van der Waals surface area contributed by atoms with Crippen molar-refractivity contribution in [2.24, 2.45) is 7.05 Å². The summed E-state index contributed by atoms with van der Waals surface area (Å²) in [5.41, 5.74) is 3.17. The molecular weight excluding hydrogens is 484 g/mol. The molecule has 9 heteroatoms. The van der Waals surface area contributed by atoms with Crippen LogP contribution in [0.5, 0.6) is 0 Å². The van der Waals surface area contributed by atoms with E-state index >= 15 is 0 Å². The Morgan fingerprint density at radius 1 is 1.26 bits per heavy atom. The average molecular weight is 511 g/mol. The van der Waals surface area contributed by atoms with Crippen LogP contribution in [0.25, 0.3) is 10.2 Å². The van der Waals surface area contributed by atoms with Gasteiger partial charge in [-0.15, -0.1) is 11.3 Å². The highest BCUT2D eigenvalue weighted by molar-refractivity contribution is 7.19. The zero-order valence-corrected chi connectivity index (χ0v) is 21.4. The lowest BCUT2D eigenvalue weighted by Gasteiger charge is -2.20. The first kappa shape index (κ1) is 25.1. The van der Waals surface area contributed by atoms with Crippen LogP contribution in [0.2, 0.25) is 5.02 Å². The number of carbonyl (C=O) groups is 1. The summed E-state index contributed by atoms with van der Waals surface area (Å²) < 4.78 is 2.39. The first-order valence-electron chi connectivity index (χ1n) is 11.2. The topological polar surface area (TPSA) is 87.5 Å². The number of likely N-dealkylation sites (N-methyl/N-ethyl adjacent to an activating group) is 1. The van der Waals surface area contributed by atoms with E-state index in [9.17, 15) is 14.7 Å². The van der Waals surface area contributed by atoms with Gasteiger partial charge in [0.1, 0.15) is 11.7 Å². The van der Waals surface area contributed by atoms with Crippen LogP contribution < -0.4 is 10.7 Å². The highest BCUT2D eigenvalue weighted by Gasteiger charge is 2.21. The number of aryl methyl sites for hydroxylation is 2. The molecule has 1 atom stereocenters. The van der Waals surface area contributed by atoms with Gasteiger partial charge in [0.15, 0.2) is 0 Å². The third kappa shape index (κ3) is 5.62. The molecule has 7 nitrogen and oxygen atoms in total. The predicted molar refractivity (Wildman–Crippen MR) is 140 cm³/mol. The van der Waals surface area contributed by atoms with E-state index < -0.39 is 12.0 Å². The summed E-state index contributed by atoms with van der Waals surface area (Å²) in [5.74, 6) is -0.411. The Hall–Kier alpha value is -3.04. The molecule has 0 aliphatic carbocycles. The van der Waals surface area contributed by atoms with E-state index in [0.29, 0.717) is 35.1 Å². The normalized spacial score (nSPS) is 12.3. The first-order valence-corrected chi connectivity index (χ1v) is 12.4. The zero-order valence-electron chi connectivity index (χ0n) is 19.8. The number of pyridine rings is 2. The largest absolute Gasteiger partial charge is 0.385 e. The molecule has 0 saturated heterocycles. The van der Waals surface area contributed by atoms with Gasteiger partial charge in [0, 0.05) is 49.0 Å². The second-order valence-electron chi connectivity index (χ2n) is 8.59. The van der Waals surface area contributed by atoms with Crippen molar-refractivity contribution in [2.45, 2.75) is 26.1 Å². The van der Waals surface area contributed by atoms with Gasteiger partial charge in [0.25, 0.3) is 5.91 Å². The maximum atomic E-state index is 13.2. The van der Waals surface area contributed by atoms with Crippen molar-refractivity contribution in [3.63, 3.8) is 0 Å². The van der Waals surface area contributed by atoms with Crippen LogP contribution in [0.15, 0.2) is 59.7 Å². The maximum absolute atomic E-state index is 13.2. The number of nitrogens with one attached hydrogen (secondary N) is 1. The maximum Gasteiger partial charge on any atom is 0.257 e. The molecule has 3 aromatic heterocycles. The van der Waals surface area contributed by atoms with E-state index in [0.717, 1.165) is 21.5 Å². The number of aromatic nitrogens is 2. The van der Waals surface area contributed by atoms with E-state index in [-0.39, 0.29) is 11.0 Å². The van der Waals surface area contributed by atoms with Crippen molar-refractivity contribution < 1.29 is 9.90 Å². The van der Waals surface area contributed by atoms with Crippen molar-refractivity contribution in [1.82, 2.24) is 19.8 Å². The van der Waals surface area contributed by atoms with Crippen LogP contribution in [-0.2, 0) is 20.1 Å². The van der Waals surface area contributed by atoms with E-state index in [4.69, 9.17) is 11.6 Å². The van der Waals surface area contributed by atoms with Gasteiger partial charge in [-0.3, -0.25) is 19.5 Å². The molecule has 0 spiro atoms. The number of carbonyl (C=O) groups excluding carboxylic acids is 1. The molecule has 1 amide bonds. The highest BCUT2D eigenvalue weighted by Crippen LogP contribution is 2.30. The number of rotatable bonds is 8. The molecule has 0 unspecified atom stereocenters. The minimum atomic E-state index is -0.710. The smallest absolute Gasteiger partial charge is 0.257 e. The van der Waals surface area contributed by atoms with Crippen LogP contribution in [0.3, 0.4) is 0 Å². The number of thiophene rings is 1. The second-order valence-corrected chi connectivity index (χ2v) is 10.1. The number of amides is 1. The van der Waals surface area contributed by atoms with Crippen LogP contribution in [0.4, 0.5) is 0 Å². The van der Waals surface area contributed by atoms with Gasteiger partial charge in [-0.05, 0) is 49.4 Å². The van der Waals surface area contributed by atoms with Crippen LogP contribution >= 0.6 is 22.9 Å². The van der Waals surface area contributed by atoms with Crippen LogP contribution in [-0.4, -0.2) is 39.1 Å². The summed E-state index contributed by atoms with van der Waals surface area (Å²) >= 11 is 7.31. The van der Waals surface area contributed by atoms with Gasteiger partial charge in [0.05, 0.1) is 15.9 Å². The first-order chi connectivity index (χ1) is 16.7. The zero-order chi connectivity index (χ0) is 25.1. The third-order valence-electron chi connectivity index (χ3n) is 5.88. The molecule has 0 radical (unpaired) electrons. The monoisotopic (exact) mass is 510 g/mol. The predicted octanol–water partition coefficient (Wildman–Crippen LogP) is 4.05. The molecule has 0 aliphatic heterocycles. The number of hydrogen-bond acceptors (Lipinski definition) is 6. The number of fused-ring (bicyclic) bond motifs is 1. The summed E-state index contributed by atoms with van der Waals surface area (Å²) in [6, 6.07) is 12.6. The Kier molecular flexibility index (Phi) is 7.66. The van der Waals surface area contributed by atoms with Gasteiger partial charge in [0.2, 0.25) is 5.43 Å². The van der Waals surface area contributed by atoms with Crippen molar-refractivity contribution in [2.75, 3.05) is 13.6 Å². The summed E-state index contributed by atoms with van der Waals surface area (Å²) in [4.78, 5) is 33.3. The fourth-order valence-electron chi connectivity index (χ4n) is 4.03. The second kappa shape index (κ2) is 10.7. The molecule has 0 bridgehead atoms. The third-order valence-corrected chi connectivity index (χ3v) is 7.39. The Balaban J connectivity index is 1.53. The van der Waals surface area contributed by atoms with Crippen molar-refractivity contribution in [3.05, 3.63) is 97.4 Å². The molecule has 35 heavy (non-hydrogen) atoms. The fraction of sp³-hybridized carbons (Fsp3) is 0.269. The summed E-state index contributed by atoms with van der Waals surface area (Å²) in [6.45, 7) is 3.25. The lowest BCUT2D eigenvalue weighted by atomic mass is 10.1. The van der Waals surface area contributed by atoms with Crippen LogP contribution in [0, 0.1) is 6.92 Å². The van der Waals surface area contributed by atoms with E-state index in [1.165, 1.54) is 11.3 Å². The number of hydrogen-bond donors (Lipinski definition) is 2. The summed E-state index contributed by atoms with van der Waals surface area (Å²) in [6.07, 6.45) is 2.55. The van der Waals surface area contributed by atoms with Gasteiger partial charge in [-0.25, -0.2) is 0 Å². The fourth-order valence-corrected chi connectivity index (χ4v) is 5.54.